The molecule has 0 aromatic carbocycles. The first kappa shape index (κ1) is 12.6. The molecule has 1 aliphatic carbocycles. The third-order valence-corrected chi connectivity index (χ3v) is 4.39. The zero-order valence-electron chi connectivity index (χ0n) is 11.0. The maximum absolute atomic E-state index is 11.6. The van der Waals surface area contributed by atoms with Crippen LogP contribution >= 0.6 is 11.5 Å². The second-order valence-corrected chi connectivity index (χ2v) is 6.55. The van der Waals surface area contributed by atoms with Crippen molar-refractivity contribution in [3.05, 3.63) is 11.3 Å². The van der Waals surface area contributed by atoms with Crippen molar-refractivity contribution in [3.8, 4) is 0 Å². The predicted molar refractivity (Wildman–Crippen MR) is 71.9 cm³/mol. The van der Waals surface area contributed by atoms with Gasteiger partial charge in [-0.15, -0.1) is 0 Å². The minimum Gasteiger partial charge on any atom is -0.372 e. The summed E-state index contributed by atoms with van der Waals surface area (Å²) in [5.41, 5.74) is 2.05. The van der Waals surface area contributed by atoms with Crippen LogP contribution in [0.5, 0.6) is 0 Å². The predicted octanol–water partition coefficient (Wildman–Crippen LogP) is 3.64. The topological polar surface area (TPSA) is 42.0 Å². The van der Waals surface area contributed by atoms with Gasteiger partial charge in [0.2, 0.25) is 0 Å². The largest absolute Gasteiger partial charge is 0.372 e. The summed E-state index contributed by atoms with van der Waals surface area (Å²) in [7, 11) is 0. The van der Waals surface area contributed by atoms with Gasteiger partial charge in [-0.2, -0.15) is 4.37 Å². The molecule has 0 amide bonds. The van der Waals surface area contributed by atoms with Gasteiger partial charge >= 0.3 is 0 Å². The quantitative estimate of drug-likeness (QED) is 0.835. The van der Waals surface area contributed by atoms with Gasteiger partial charge in [0, 0.05) is 6.04 Å². The Bertz CT molecular complexity index is 437. The monoisotopic (exact) mass is 252 g/mol. The van der Waals surface area contributed by atoms with E-state index in [1.54, 1.807) is 6.92 Å². The van der Waals surface area contributed by atoms with E-state index >= 15 is 0 Å². The molecule has 2 rings (SSSR count). The summed E-state index contributed by atoms with van der Waals surface area (Å²) < 4.78 is 4.27. The molecule has 1 aromatic heterocycles. The highest BCUT2D eigenvalue weighted by molar-refractivity contribution is 7.10. The Labute approximate surface area is 107 Å². The van der Waals surface area contributed by atoms with E-state index in [9.17, 15) is 4.79 Å². The number of anilines is 1. The zero-order valence-corrected chi connectivity index (χ0v) is 11.8. The highest BCUT2D eigenvalue weighted by Crippen LogP contribution is 2.39. The summed E-state index contributed by atoms with van der Waals surface area (Å²) >= 11 is 1.41. The van der Waals surface area contributed by atoms with E-state index in [4.69, 9.17) is 0 Å². The van der Waals surface area contributed by atoms with Crippen molar-refractivity contribution in [2.45, 2.75) is 53.0 Å². The maximum atomic E-state index is 11.6. The van der Waals surface area contributed by atoms with Crippen molar-refractivity contribution in [2.75, 3.05) is 5.32 Å². The van der Waals surface area contributed by atoms with Crippen LogP contribution in [0.3, 0.4) is 0 Å². The summed E-state index contributed by atoms with van der Waals surface area (Å²) in [4.78, 5) is 11.6. The Morgan fingerprint density at radius 3 is 2.76 bits per heavy atom. The van der Waals surface area contributed by atoms with Crippen LogP contribution in [0.25, 0.3) is 0 Å². The Morgan fingerprint density at radius 1 is 1.53 bits per heavy atom. The van der Waals surface area contributed by atoms with Crippen LogP contribution in [0.1, 0.15) is 56.1 Å². The third kappa shape index (κ3) is 2.68. The molecule has 0 radical (unpaired) electrons. The van der Waals surface area contributed by atoms with Crippen LogP contribution in [-0.4, -0.2) is 16.2 Å². The number of rotatable bonds is 3. The second-order valence-electron chi connectivity index (χ2n) is 5.78. The molecule has 17 heavy (non-hydrogen) atoms. The number of hydrogen-bond acceptors (Lipinski definition) is 4. The molecular formula is C13H20N2OS. The van der Waals surface area contributed by atoms with Crippen molar-refractivity contribution in [2.24, 2.45) is 5.41 Å². The molecule has 1 atom stereocenters. The first-order valence-corrected chi connectivity index (χ1v) is 6.90. The van der Waals surface area contributed by atoms with Gasteiger partial charge < -0.3 is 5.32 Å². The van der Waals surface area contributed by atoms with Gasteiger partial charge in [-0.1, -0.05) is 13.8 Å². The van der Waals surface area contributed by atoms with Crippen LogP contribution in [0.15, 0.2) is 0 Å². The van der Waals surface area contributed by atoms with E-state index in [0.29, 0.717) is 11.5 Å². The maximum Gasteiger partial charge on any atom is 0.164 e. The van der Waals surface area contributed by atoms with Gasteiger partial charge in [-0.3, -0.25) is 4.79 Å². The Hall–Kier alpha value is -0.900. The fraction of sp³-hybridized carbons (Fsp3) is 0.692. The standard InChI is InChI=1S/C13H20N2OS/c1-8-11(9(2)16)12(17-15-8)14-10-5-6-13(3,4)7-10/h10,14H,5-7H2,1-4H3. The number of ketones is 1. The summed E-state index contributed by atoms with van der Waals surface area (Å²) in [5.74, 6) is 0.107. The van der Waals surface area contributed by atoms with E-state index in [-0.39, 0.29) is 5.78 Å². The molecule has 3 nitrogen and oxygen atoms in total. The summed E-state index contributed by atoms with van der Waals surface area (Å²) in [6, 6.07) is 0.489. The molecule has 1 heterocycles. The number of nitrogens with zero attached hydrogens (tertiary/aromatic N) is 1. The second kappa shape index (κ2) is 4.41. The minimum atomic E-state index is 0.107. The molecule has 0 bridgehead atoms. The van der Waals surface area contributed by atoms with E-state index in [0.717, 1.165) is 16.3 Å². The number of aromatic nitrogens is 1. The summed E-state index contributed by atoms with van der Waals surface area (Å²) in [6.45, 7) is 8.12. The summed E-state index contributed by atoms with van der Waals surface area (Å²) in [6.07, 6.45) is 3.60. The molecule has 1 aromatic rings. The van der Waals surface area contributed by atoms with E-state index in [1.807, 2.05) is 6.92 Å². The van der Waals surface area contributed by atoms with Crippen molar-refractivity contribution < 1.29 is 4.79 Å². The number of Topliss-reactive ketones (excluding diaryl/α,β-unsaturated/α-hetero) is 1. The van der Waals surface area contributed by atoms with E-state index in [1.165, 1.54) is 30.8 Å². The molecule has 1 fully saturated rings. The number of nitrogens with one attached hydrogen (secondary N) is 1. The molecule has 1 saturated carbocycles. The van der Waals surface area contributed by atoms with Crippen molar-refractivity contribution >= 4 is 22.3 Å². The number of carbonyl (C=O) groups is 1. The molecule has 0 saturated heterocycles. The number of carbonyl (C=O) groups excluding carboxylic acids is 1. The molecule has 0 aliphatic heterocycles. The molecule has 0 spiro atoms. The first-order valence-electron chi connectivity index (χ1n) is 6.13. The average Bonchev–Trinajstić information content (AvgIpc) is 2.71. The lowest BCUT2D eigenvalue weighted by Crippen LogP contribution is -2.18. The Morgan fingerprint density at radius 2 is 2.24 bits per heavy atom. The van der Waals surface area contributed by atoms with Crippen molar-refractivity contribution in [3.63, 3.8) is 0 Å². The fourth-order valence-electron chi connectivity index (χ4n) is 2.63. The molecule has 1 N–H and O–H groups in total. The van der Waals surface area contributed by atoms with Gasteiger partial charge in [-0.05, 0) is 50.1 Å². The smallest absolute Gasteiger partial charge is 0.164 e. The third-order valence-electron chi connectivity index (χ3n) is 3.52. The minimum absolute atomic E-state index is 0.107. The summed E-state index contributed by atoms with van der Waals surface area (Å²) in [5, 5.41) is 4.46. The van der Waals surface area contributed by atoms with Crippen LogP contribution in [0.4, 0.5) is 5.00 Å². The Kier molecular flexibility index (Phi) is 3.25. The van der Waals surface area contributed by atoms with Gasteiger partial charge in [0.15, 0.2) is 5.78 Å². The van der Waals surface area contributed by atoms with Crippen molar-refractivity contribution in [1.29, 1.82) is 0 Å². The lowest BCUT2D eigenvalue weighted by molar-refractivity contribution is 0.101. The van der Waals surface area contributed by atoms with E-state index in [2.05, 4.69) is 23.5 Å². The van der Waals surface area contributed by atoms with Crippen LogP contribution in [0.2, 0.25) is 0 Å². The first-order chi connectivity index (χ1) is 7.89. The van der Waals surface area contributed by atoms with Crippen LogP contribution in [-0.2, 0) is 0 Å². The normalized spacial score (nSPS) is 22.7. The fourth-order valence-corrected chi connectivity index (χ4v) is 3.55. The number of aryl methyl sites for hydroxylation is 1. The van der Waals surface area contributed by atoms with Gasteiger partial charge in [0.05, 0.1) is 11.3 Å². The van der Waals surface area contributed by atoms with Crippen molar-refractivity contribution in [1.82, 2.24) is 4.37 Å². The molecular weight excluding hydrogens is 232 g/mol. The average molecular weight is 252 g/mol. The highest BCUT2D eigenvalue weighted by atomic mass is 32.1. The Balaban J connectivity index is 2.12. The SMILES string of the molecule is CC(=O)c1c(C)nsc1NC1CCC(C)(C)C1. The van der Waals surface area contributed by atoms with E-state index < -0.39 is 0 Å². The van der Waals surface area contributed by atoms with Gasteiger partial charge in [0.25, 0.3) is 0 Å². The number of hydrogen-bond donors (Lipinski definition) is 1. The molecule has 94 valence electrons. The molecule has 4 heteroatoms. The molecule has 1 aliphatic rings. The van der Waals surface area contributed by atoms with Gasteiger partial charge in [-0.25, -0.2) is 0 Å². The highest BCUT2D eigenvalue weighted by Gasteiger charge is 2.31. The lowest BCUT2D eigenvalue weighted by atomic mass is 9.92. The lowest BCUT2D eigenvalue weighted by Gasteiger charge is -2.18. The van der Waals surface area contributed by atoms with Crippen LogP contribution in [0, 0.1) is 12.3 Å². The van der Waals surface area contributed by atoms with Crippen LogP contribution < -0.4 is 5.32 Å². The zero-order chi connectivity index (χ0) is 12.6. The molecule has 1 unspecified atom stereocenters. The van der Waals surface area contributed by atoms with Gasteiger partial charge in [0.1, 0.15) is 5.00 Å².